The van der Waals surface area contributed by atoms with Gasteiger partial charge in [-0.25, -0.2) is 0 Å². The van der Waals surface area contributed by atoms with Gasteiger partial charge in [0, 0.05) is 18.5 Å². The van der Waals surface area contributed by atoms with Gasteiger partial charge in [0.2, 0.25) is 0 Å². The van der Waals surface area contributed by atoms with Gasteiger partial charge >= 0.3 is 0 Å². The van der Waals surface area contributed by atoms with E-state index in [2.05, 4.69) is 10.2 Å². The summed E-state index contributed by atoms with van der Waals surface area (Å²) in [5, 5.41) is 18.4. The Morgan fingerprint density at radius 2 is 2.24 bits per heavy atom. The van der Waals surface area contributed by atoms with Crippen LogP contribution in [-0.2, 0) is 0 Å². The molecule has 1 amide bonds. The average molecular weight is 288 g/mol. The highest BCUT2D eigenvalue weighted by atomic mass is 16.3. The number of likely N-dealkylation sites (tertiary alicyclic amines) is 1. The van der Waals surface area contributed by atoms with Gasteiger partial charge in [-0.3, -0.25) is 9.89 Å². The number of amides is 1. The fraction of sp³-hybridized carbons (Fsp3) is 0.467. The quantitative estimate of drug-likeness (QED) is 0.872. The van der Waals surface area contributed by atoms with E-state index in [1.54, 1.807) is 4.90 Å². The molecule has 6 nitrogen and oxygen atoms in total. The van der Waals surface area contributed by atoms with Gasteiger partial charge in [0.25, 0.3) is 5.91 Å². The third-order valence-corrected chi connectivity index (χ3v) is 3.90. The highest BCUT2D eigenvalue weighted by Gasteiger charge is 2.39. The van der Waals surface area contributed by atoms with Crippen LogP contribution in [-0.4, -0.2) is 70.3 Å². The van der Waals surface area contributed by atoms with Gasteiger partial charge in [-0.1, -0.05) is 18.2 Å². The summed E-state index contributed by atoms with van der Waals surface area (Å²) in [7, 11) is 3.84. The summed E-state index contributed by atoms with van der Waals surface area (Å²) >= 11 is 0. The monoisotopic (exact) mass is 288 g/mol. The molecule has 0 aliphatic carbocycles. The maximum absolute atomic E-state index is 12.6. The molecule has 1 aliphatic rings. The van der Waals surface area contributed by atoms with E-state index in [-0.39, 0.29) is 5.91 Å². The molecule has 1 aromatic heterocycles. The van der Waals surface area contributed by atoms with Gasteiger partial charge in [-0.2, -0.15) is 5.10 Å². The van der Waals surface area contributed by atoms with Crippen molar-refractivity contribution in [2.45, 2.75) is 12.0 Å². The first-order chi connectivity index (χ1) is 9.98. The highest BCUT2D eigenvalue weighted by Crippen LogP contribution is 2.25. The SMILES string of the molecule is CN(C)C[C@]1(O)CCN(C(=O)c2n[nH]c3ccccc23)C1. The first kappa shape index (κ1) is 14.0. The summed E-state index contributed by atoms with van der Waals surface area (Å²) in [6.07, 6.45) is 0.597. The lowest BCUT2D eigenvalue weighted by Crippen LogP contribution is -2.43. The van der Waals surface area contributed by atoms with Crippen LogP contribution in [0.25, 0.3) is 10.9 Å². The largest absolute Gasteiger partial charge is 0.387 e. The first-order valence-corrected chi connectivity index (χ1v) is 7.08. The zero-order valence-electron chi connectivity index (χ0n) is 12.3. The van der Waals surface area contributed by atoms with E-state index in [1.807, 2.05) is 43.3 Å². The Morgan fingerprint density at radius 3 is 3.00 bits per heavy atom. The van der Waals surface area contributed by atoms with E-state index in [1.165, 1.54) is 0 Å². The van der Waals surface area contributed by atoms with Gasteiger partial charge in [0.05, 0.1) is 17.7 Å². The molecule has 2 N–H and O–H groups in total. The van der Waals surface area contributed by atoms with Crippen LogP contribution in [0.1, 0.15) is 16.9 Å². The molecular weight excluding hydrogens is 268 g/mol. The van der Waals surface area contributed by atoms with Crippen LogP contribution in [0.3, 0.4) is 0 Å². The Balaban J connectivity index is 1.81. The number of aliphatic hydroxyl groups is 1. The van der Waals surface area contributed by atoms with Crippen LogP contribution >= 0.6 is 0 Å². The topological polar surface area (TPSA) is 72.5 Å². The number of aromatic amines is 1. The first-order valence-electron chi connectivity index (χ1n) is 7.08. The number of likely N-dealkylation sites (N-methyl/N-ethyl adjacent to an activating group) is 1. The number of aromatic nitrogens is 2. The van der Waals surface area contributed by atoms with E-state index < -0.39 is 5.60 Å². The minimum atomic E-state index is -0.828. The molecule has 2 aromatic rings. The number of nitrogens with one attached hydrogen (secondary N) is 1. The second-order valence-electron chi connectivity index (χ2n) is 6.06. The van der Waals surface area contributed by atoms with E-state index in [9.17, 15) is 9.90 Å². The van der Waals surface area contributed by atoms with E-state index in [0.29, 0.717) is 31.7 Å². The number of H-pyrrole nitrogens is 1. The van der Waals surface area contributed by atoms with E-state index in [4.69, 9.17) is 0 Å². The molecule has 0 bridgehead atoms. The van der Waals surface area contributed by atoms with Crippen molar-refractivity contribution in [1.29, 1.82) is 0 Å². The fourth-order valence-electron chi connectivity index (χ4n) is 3.02. The van der Waals surface area contributed by atoms with Crippen molar-refractivity contribution in [2.75, 3.05) is 33.7 Å². The number of rotatable bonds is 3. The van der Waals surface area contributed by atoms with Crippen molar-refractivity contribution in [1.82, 2.24) is 20.0 Å². The lowest BCUT2D eigenvalue weighted by molar-refractivity contribution is 0.0235. The van der Waals surface area contributed by atoms with Crippen molar-refractivity contribution in [3.8, 4) is 0 Å². The molecule has 3 rings (SSSR count). The molecule has 1 aliphatic heterocycles. The standard InChI is InChI=1S/C15H20N4O2/c1-18(2)9-15(21)7-8-19(10-15)14(20)13-11-5-3-4-6-12(11)16-17-13/h3-6,21H,7-10H2,1-2H3,(H,16,17)/t15-/m1/s1. The fourth-order valence-corrected chi connectivity index (χ4v) is 3.02. The lowest BCUT2D eigenvalue weighted by atomic mass is 10.0. The average Bonchev–Trinajstić information content (AvgIpc) is 3.01. The van der Waals surface area contributed by atoms with Crippen molar-refractivity contribution < 1.29 is 9.90 Å². The lowest BCUT2D eigenvalue weighted by Gasteiger charge is -2.26. The molecule has 2 heterocycles. The Morgan fingerprint density at radius 1 is 1.48 bits per heavy atom. The maximum atomic E-state index is 12.6. The van der Waals surface area contributed by atoms with Gasteiger partial charge < -0.3 is 14.9 Å². The smallest absolute Gasteiger partial charge is 0.275 e. The van der Waals surface area contributed by atoms with Crippen LogP contribution in [0.2, 0.25) is 0 Å². The molecule has 112 valence electrons. The third kappa shape index (κ3) is 2.64. The van der Waals surface area contributed by atoms with Crippen molar-refractivity contribution in [3.63, 3.8) is 0 Å². The van der Waals surface area contributed by atoms with Gasteiger partial charge in [0.15, 0.2) is 5.69 Å². The summed E-state index contributed by atoms with van der Waals surface area (Å²) < 4.78 is 0. The highest BCUT2D eigenvalue weighted by molar-refractivity contribution is 6.04. The predicted octanol–water partition coefficient (Wildman–Crippen LogP) is 0.701. The number of fused-ring (bicyclic) bond motifs is 1. The molecule has 0 radical (unpaired) electrons. The van der Waals surface area contributed by atoms with Gasteiger partial charge in [-0.15, -0.1) is 0 Å². The molecule has 1 aromatic carbocycles. The van der Waals surface area contributed by atoms with E-state index in [0.717, 1.165) is 10.9 Å². The molecule has 0 saturated carbocycles. The molecule has 1 atom stereocenters. The van der Waals surface area contributed by atoms with Gasteiger partial charge in [-0.05, 0) is 26.6 Å². The number of nitrogens with zero attached hydrogens (tertiary/aromatic N) is 3. The van der Waals surface area contributed by atoms with Crippen molar-refractivity contribution in [2.24, 2.45) is 0 Å². The van der Waals surface area contributed by atoms with Crippen LogP contribution in [0.5, 0.6) is 0 Å². The van der Waals surface area contributed by atoms with Crippen LogP contribution < -0.4 is 0 Å². The maximum Gasteiger partial charge on any atom is 0.275 e. The number of β-amino-alcohol motifs (C(OH)–C–C–N with tert-alkyl or cyclic N) is 1. The van der Waals surface area contributed by atoms with Gasteiger partial charge in [0.1, 0.15) is 0 Å². The number of para-hydroxylation sites is 1. The summed E-state index contributed by atoms with van der Waals surface area (Å²) in [6, 6.07) is 7.57. The molecule has 1 saturated heterocycles. The summed E-state index contributed by atoms with van der Waals surface area (Å²) in [4.78, 5) is 16.2. The predicted molar refractivity (Wildman–Crippen MR) is 80.1 cm³/mol. The number of carbonyl (C=O) groups is 1. The second kappa shape index (κ2) is 5.13. The minimum absolute atomic E-state index is 0.123. The minimum Gasteiger partial charge on any atom is -0.387 e. The Hall–Kier alpha value is -1.92. The van der Waals surface area contributed by atoms with Crippen LogP contribution in [0.4, 0.5) is 0 Å². The van der Waals surface area contributed by atoms with E-state index >= 15 is 0 Å². The zero-order chi connectivity index (χ0) is 15.0. The normalized spacial score (nSPS) is 22.4. The summed E-state index contributed by atoms with van der Waals surface area (Å²) in [5.74, 6) is -0.123. The Kier molecular flexibility index (Phi) is 3.43. The Bertz CT molecular complexity index is 666. The number of hydrogen-bond donors (Lipinski definition) is 2. The molecule has 0 spiro atoms. The Labute approximate surface area is 123 Å². The molecule has 0 unspecified atom stereocenters. The van der Waals surface area contributed by atoms with Crippen molar-refractivity contribution in [3.05, 3.63) is 30.0 Å². The number of benzene rings is 1. The molecule has 1 fully saturated rings. The second-order valence-corrected chi connectivity index (χ2v) is 6.06. The summed E-state index contributed by atoms with van der Waals surface area (Å²) in [6.45, 7) is 1.47. The number of carbonyl (C=O) groups excluding carboxylic acids is 1. The zero-order valence-corrected chi connectivity index (χ0v) is 12.3. The number of hydrogen-bond acceptors (Lipinski definition) is 4. The van der Waals surface area contributed by atoms with Crippen molar-refractivity contribution >= 4 is 16.8 Å². The summed E-state index contributed by atoms with van der Waals surface area (Å²) in [5.41, 5.74) is 0.453. The van der Waals surface area contributed by atoms with Crippen LogP contribution in [0.15, 0.2) is 24.3 Å². The molecule has 21 heavy (non-hydrogen) atoms. The third-order valence-electron chi connectivity index (χ3n) is 3.90. The van der Waals surface area contributed by atoms with Crippen LogP contribution in [0, 0.1) is 0 Å². The molecule has 6 heteroatoms. The molecular formula is C15H20N4O2.